The molecule has 2 atom stereocenters. The average molecular weight is 350 g/mol. The van der Waals surface area contributed by atoms with Gasteiger partial charge in [0, 0.05) is 44.3 Å². The maximum atomic E-state index is 14.0. The lowest BCUT2D eigenvalue weighted by Crippen LogP contribution is -2.52. The molecule has 1 saturated heterocycles. The zero-order valence-corrected chi connectivity index (χ0v) is 13.7. The zero-order valence-electron chi connectivity index (χ0n) is 13.7. The van der Waals surface area contributed by atoms with Crippen molar-refractivity contribution in [2.45, 2.75) is 38.9 Å². The molecule has 4 nitrogen and oxygen atoms in total. The second-order valence-electron chi connectivity index (χ2n) is 6.19. The SMILES string of the molecule is C[C@@H]1CN(C[C@@H](C)O)CCN1Cc1c(F)cccc1OC(F)(F)F. The summed E-state index contributed by atoms with van der Waals surface area (Å²) in [7, 11) is 0. The predicted octanol–water partition coefficient (Wildman–Crippen LogP) is 2.61. The van der Waals surface area contributed by atoms with Crippen LogP contribution in [-0.4, -0.2) is 59.6 Å². The highest BCUT2D eigenvalue weighted by Crippen LogP contribution is 2.30. The van der Waals surface area contributed by atoms with Crippen LogP contribution in [0.2, 0.25) is 0 Å². The first-order valence-electron chi connectivity index (χ1n) is 7.83. The van der Waals surface area contributed by atoms with Gasteiger partial charge in [-0.2, -0.15) is 0 Å². The maximum absolute atomic E-state index is 14.0. The Labute approximate surface area is 138 Å². The molecule has 1 N–H and O–H groups in total. The quantitative estimate of drug-likeness (QED) is 0.828. The molecule has 0 spiro atoms. The Bertz CT molecular complexity index is 551. The summed E-state index contributed by atoms with van der Waals surface area (Å²) in [6.07, 6.45) is -5.30. The molecule has 1 aromatic rings. The van der Waals surface area contributed by atoms with Crippen molar-refractivity contribution in [2.75, 3.05) is 26.2 Å². The topological polar surface area (TPSA) is 35.9 Å². The highest BCUT2D eigenvalue weighted by Gasteiger charge is 2.33. The van der Waals surface area contributed by atoms with Gasteiger partial charge in [-0.25, -0.2) is 4.39 Å². The molecule has 1 aromatic carbocycles. The van der Waals surface area contributed by atoms with Gasteiger partial charge in [0.25, 0.3) is 0 Å². The summed E-state index contributed by atoms with van der Waals surface area (Å²) >= 11 is 0. The van der Waals surface area contributed by atoms with Crippen LogP contribution < -0.4 is 4.74 Å². The number of nitrogens with zero attached hydrogens (tertiary/aromatic N) is 2. The number of rotatable bonds is 5. The van der Waals surface area contributed by atoms with Crippen LogP contribution >= 0.6 is 0 Å². The van der Waals surface area contributed by atoms with E-state index in [1.807, 2.05) is 11.8 Å². The van der Waals surface area contributed by atoms with Crippen LogP contribution in [0.1, 0.15) is 19.4 Å². The van der Waals surface area contributed by atoms with Gasteiger partial charge < -0.3 is 9.84 Å². The number of piperazine rings is 1. The smallest absolute Gasteiger partial charge is 0.405 e. The van der Waals surface area contributed by atoms with Crippen molar-refractivity contribution in [3.8, 4) is 5.75 Å². The molecule has 1 fully saturated rings. The molecule has 0 unspecified atom stereocenters. The van der Waals surface area contributed by atoms with Gasteiger partial charge in [0.1, 0.15) is 11.6 Å². The summed E-state index contributed by atoms with van der Waals surface area (Å²) < 4.78 is 55.5. The van der Waals surface area contributed by atoms with Crippen LogP contribution in [0.15, 0.2) is 18.2 Å². The van der Waals surface area contributed by atoms with Gasteiger partial charge in [-0.05, 0) is 26.0 Å². The minimum absolute atomic E-state index is 0.0239. The molecule has 0 aromatic heterocycles. The van der Waals surface area contributed by atoms with Crippen molar-refractivity contribution in [3.05, 3.63) is 29.6 Å². The summed E-state index contributed by atoms with van der Waals surface area (Å²) in [6, 6.07) is 3.48. The fraction of sp³-hybridized carbons (Fsp3) is 0.625. The fourth-order valence-corrected chi connectivity index (χ4v) is 2.96. The van der Waals surface area contributed by atoms with E-state index in [-0.39, 0.29) is 18.2 Å². The third-order valence-corrected chi connectivity index (χ3v) is 4.03. The Morgan fingerprint density at radius 3 is 2.62 bits per heavy atom. The minimum atomic E-state index is -4.86. The van der Waals surface area contributed by atoms with E-state index >= 15 is 0 Å². The lowest BCUT2D eigenvalue weighted by Gasteiger charge is -2.40. The fourth-order valence-electron chi connectivity index (χ4n) is 2.96. The molecule has 136 valence electrons. The molecule has 0 amide bonds. The summed E-state index contributed by atoms with van der Waals surface area (Å²) in [6.45, 7) is 6.13. The molecular formula is C16H22F4N2O2. The van der Waals surface area contributed by atoms with E-state index in [1.165, 1.54) is 6.07 Å². The Kier molecular flexibility index (Phi) is 6.06. The summed E-state index contributed by atoms with van der Waals surface area (Å²) in [5, 5.41) is 9.44. The van der Waals surface area contributed by atoms with Crippen molar-refractivity contribution < 1.29 is 27.4 Å². The van der Waals surface area contributed by atoms with Crippen LogP contribution in [-0.2, 0) is 6.54 Å². The minimum Gasteiger partial charge on any atom is -0.405 e. The first kappa shape index (κ1) is 19.0. The standard InChI is InChI=1S/C16H22F4N2O2/c1-11-8-21(9-12(2)23)6-7-22(11)10-13-14(17)4-3-5-15(13)24-16(18,19)20/h3-5,11-12,23H,6-10H2,1-2H3/t11-,12-/m1/s1. The van der Waals surface area contributed by atoms with Crippen molar-refractivity contribution in [3.63, 3.8) is 0 Å². The van der Waals surface area contributed by atoms with Crippen LogP contribution in [0.25, 0.3) is 0 Å². The highest BCUT2D eigenvalue weighted by atomic mass is 19.4. The van der Waals surface area contributed by atoms with Crippen molar-refractivity contribution in [1.29, 1.82) is 0 Å². The van der Waals surface area contributed by atoms with E-state index in [2.05, 4.69) is 9.64 Å². The van der Waals surface area contributed by atoms with Crippen LogP contribution in [0.5, 0.6) is 5.75 Å². The van der Waals surface area contributed by atoms with E-state index in [1.54, 1.807) is 6.92 Å². The Morgan fingerprint density at radius 1 is 1.33 bits per heavy atom. The van der Waals surface area contributed by atoms with E-state index in [4.69, 9.17) is 0 Å². The Morgan fingerprint density at radius 2 is 2.04 bits per heavy atom. The van der Waals surface area contributed by atoms with Crippen LogP contribution in [0.4, 0.5) is 17.6 Å². The van der Waals surface area contributed by atoms with E-state index < -0.39 is 24.0 Å². The third-order valence-electron chi connectivity index (χ3n) is 4.03. The van der Waals surface area contributed by atoms with Gasteiger partial charge in [0.15, 0.2) is 0 Å². The Balaban J connectivity index is 2.08. The monoisotopic (exact) mass is 350 g/mol. The number of β-amino-alcohol motifs (C(OH)–C–C–N with tert-alkyl or cyclic N) is 1. The highest BCUT2D eigenvalue weighted by molar-refractivity contribution is 5.35. The number of benzene rings is 1. The lowest BCUT2D eigenvalue weighted by molar-refractivity contribution is -0.275. The summed E-state index contributed by atoms with van der Waals surface area (Å²) in [4.78, 5) is 4.00. The second kappa shape index (κ2) is 7.67. The number of ether oxygens (including phenoxy) is 1. The summed E-state index contributed by atoms with van der Waals surface area (Å²) in [5.41, 5.74) is -0.0920. The molecular weight excluding hydrogens is 328 g/mol. The molecule has 0 saturated carbocycles. The molecule has 1 aliphatic heterocycles. The molecule has 1 aliphatic rings. The van der Waals surface area contributed by atoms with Crippen molar-refractivity contribution in [1.82, 2.24) is 9.80 Å². The lowest BCUT2D eigenvalue weighted by atomic mass is 10.1. The van der Waals surface area contributed by atoms with Gasteiger partial charge in [0.2, 0.25) is 0 Å². The van der Waals surface area contributed by atoms with E-state index in [9.17, 15) is 22.7 Å². The number of alkyl halides is 3. The van der Waals surface area contributed by atoms with E-state index in [0.717, 1.165) is 12.1 Å². The number of hydrogen-bond acceptors (Lipinski definition) is 4. The molecule has 1 heterocycles. The van der Waals surface area contributed by atoms with Crippen LogP contribution in [0.3, 0.4) is 0 Å². The molecule has 0 bridgehead atoms. The molecule has 8 heteroatoms. The van der Waals surface area contributed by atoms with Crippen molar-refractivity contribution >= 4 is 0 Å². The molecule has 0 radical (unpaired) electrons. The number of aliphatic hydroxyl groups is 1. The van der Waals surface area contributed by atoms with E-state index in [0.29, 0.717) is 26.2 Å². The van der Waals surface area contributed by atoms with Gasteiger partial charge in [-0.1, -0.05) is 6.07 Å². The van der Waals surface area contributed by atoms with Gasteiger partial charge in [-0.3, -0.25) is 9.80 Å². The summed E-state index contributed by atoms with van der Waals surface area (Å²) in [5.74, 6) is -1.21. The predicted molar refractivity (Wildman–Crippen MR) is 81.1 cm³/mol. The molecule has 24 heavy (non-hydrogen) atoms. The van der Waals surface area contributed by atoms with Crippen LogP contribution in [0, 0.1) is 5.82 Å². The van der Waals surface area contributed by atoms with Gasteiger partial charge in [-0.15, -0.1) is 13.2 Å². The number of halogens is 4. The number of aliphatic hydroxyl groups excluding tert-OH is 1. The molecule has 0 aliphatic carbocycles. The normalized spacial score (nSPS) is 21.7. The maximum Gasteiger partial charge on any atom is 0.573 e. The first-order chi connectivity index (χ1) is 11.2. The second-order valence-corrected chi connectivity index (χ2v) is 6.19. The van der Waals surface area contributed by atoms with Crippen molar-refractivity contribution in [2.24, 2.45) is 0 Å². The largest absolute Gasteiger partial charge is 0.573 e. The molecule has 2 rings (SSSR count). The average Bonchev–Trinajstić information content (AvgIpc) is 2.42. The Hall–Kier alpha value is -1.38. The van der Waals surface area contributed by atoms with Gasteiger partial charge in [0.05, 0.1) is 6.10 Å². The third kappa shape index (κ3) is 5.32. The number of hydrogen-bond donors (Lipinski definition) is 1. The first-order valence-corrected chi connectivity index (χ1v) is 7.83. The zero-order chi connectivity index (χ0) is 17.9. The van der Waals surface area contributed by atoms with Gasteiger partial charge >= 0.3 is 6.36 Å².